The number of aromatic nitrogens is 2. The van der Waals surface area contributed by atoms with Crippen LogP contribution in [-0.2, 0) is 23.1 Å². The predicted octanol–water partition coefficient (Wildman–Crippen LogP) is 0.938. The van der Waals surface area contributed by atoms with Crippen LogP contribution in [0.25, 0.3) is 0 Å². The van der Waals surface area contributed by atoms with Gasteiger partial charge in [0.05, 0.1) is 24.0 Å². The summed E-state index contributed by atoms with van der Waals surface area (Å²) in [5.41, 5.74) is 0.0797. The van der Waals surface area contributed by atoms with Crippen molar-refractivity contribution >= 4 is 17.6 Å². The average molecular weight is 265 g/mol. The minimum atomic E-state index is -5.00. The van der Waals surface area contributed by atoms with Crippen LogP contribution >= 0.6 is 0 Å². The molecule has 0 unspecified atom stereocenters. The van der Waals surface area contributed by atoms with Crippen molar-refractivity contribution in [2.45, 2.75) is 19.0 Å². The van der Waals surface area contributed by atoms with Gasteiger partial charge in [0.1, 0.15) is 0 Å². The van der Waals surface area contributed by atoms with Gasteiger partial charge in [-0.3, -0.25) is 14.3 Å². The van der Waals surface area contributed by atoms with E-state index < -0.39 is 18.1 Å². The van der Waals surface area contributed by atoms with E-state index in [2.05, 4.69) is 5.10 Å². The van der Waals surface area contributed by atoms with Gasteiger partial charge in [0.2, 0.25) is 0 Å². The van der Waals surface area contributed by atoms with Gasteiger partial charge in [-0.2, -0.15) is 18.3 Å². The number of nitrogens with zero attached hydrogens (tertiary/aromatic N) is 2. The predicted molar refractivity (Wildman–Crippen MR) is 53.8 cm³/mol. The number of carbonyl (C=O) groups excluding carboxylic acids is 1. The fourth-order valence-corrected chi connectivity index (χ4v) is 1.28. The van der Waals surface area contributed by atoms with Gasteiger partial charge < -0.3 is 10.4 Å². The Morgan fingerprint density at radius 2 is 2.11 bits per heavy atom. The van der Waals surface area contributed by atoms with Crippen molar-refractivity contribution in [3.63, 3.8) is 0 Å². The second-order valence-corrected chi connectivity index (χ2v) is 3.47. The van der Waals surface area contributed by atoms with Gasteiger partial charge in [-0.05, 0) is 0 Å². The Morgan fingerprint density at radius 3 is 2.61 bits per heavy atom. The van der Waals surface area contributed by atoms with E-state index in [1.165, 1.54) is 11.7 Å². The molecule has 1 rings (SSSR count). The Morgan fingerprint density at radius 1 is 1.50 bits per heavy atom. The minimum absolute atomic E-state index is 0.0285. The van der Waals surface area contributed by atoms with Crippen LogP contribution in [0.3, 0.4) is 0 Å². The van der Waals surface area contributed by atoms with Gasteiger partial charge in [-0.15, -0.1) is 0 Å². The van der Waals surface area contributed by atoms with Crippen LogP contribution in [0.4, 0.5) is 18.9 Å². The van der Waals surface area contributed by atoms with Crippen molar-refractivity contribution in [3.8, 4) is 0 Å². The molecule has 0 radical (unpaired) electrons. The lowest BCUT2D eigenvalue weighted by molar-refractivity contribution is -0.167. The first-order valence-corrected chi connectivity index (χ1v) is 4.82. The Labute approximate surface area is 99.4 Å². The third-order valence-electron chi connectivity index (χ3n) is 2.14. The monoisotopic (exact) mass is 265 g/mol. The molecule has 1 aromatic heterocycles. The summed E-state index contributed by atoms with van der Waals surface area (Å²) in [6, 6.07) is 0. The molecular formula is C9H10F3N3O3. The molecule has 0 aliphatic rings. The number of hydrogen-bond acceptors (Lipinski definition) is 3. The van der Waals surface area contributed by atoms with Gasteiger partial charge in [0.15, 0.2) is 0 Å². The van der Waals surface area contributed by atoms with Gasteiger partial charge >= 0.3 is 18.1 Å². The van der Waals surface area contributed by atoms with Crippen molar-refractivity contribution in [1.29, 1.82) is 0 Å². The molecule has 18 heavy (non-hydrogen) atoms. The highest BCUT2D eigenvalue weighted by atomic mass is 19.4. The first kappa shape index (κ1) is 14.0. The maximum atomic E-state index is 12.1. The van der Waals surface area contributed by atoms with Crippen LogP contribution in [0.5, 0.6) is 0 Å². The summed E-state index contributed by atoms with van der Waals surface area (Å²) in [7, 11) is 1.44. The molecule has 2 N–H and O–H groups in total. The van der Waals surface area contributed by atoms with E-state index in [1.54, 1.807) is 5.32 Å². The number of nitrogens with one attached hydrogen (secondary N) is 1. The normalized spacial score (nSPS) is 11.3. The fraction of sp³-hybridized carbons (Fsp3) is 0.444. The van der Waals surface area contributed by atoms with Crippen molar-refractivity contribution in [2.24, 2.45) is 7.05 Å². The zero-order chi connectivity index (χ0) is 13.9. The highest BCUT2D eigenvalue weighted by molar-refractivity contribution is 5.95. The average Bonchev–Trinajstić information content (AvgIpc) is 2.55. The van der Waals surface area contributed by atoms with Crippen molar-refractivity contribution < 1.29 is 27.9 Å². The molecule has 1 heterocycles. The Kier molecular flexibility index (Phi) is 3.94. The number of anilines is 1. The molecule has 9 heteroatoms. The topological polar surface area (TPSA) is 84.2 Å². The van der Waals surface area contributed by atoms with Crippen molar-refractivity contribution in [3.05, 3.63) is 11.9 Å². The van der Waals surface area contributed by atoms with E-state index in [9.17, 15) is 22.8 Å². The lowest BCUT2D eigenvalue weighted by Crippen LogP contribution is -2.30. The Balaban J connectivity index is 2.84. The lowest BCUT2D eigenvalue weighted by Gasteiger charge is -2.08. The van der Waals surface area contributed by atoms with E-state index in [4.69, 9.17) is 5.11 Å². The second kappa shape index (κ2) is 5.07. The van der Waals surface area contributed by atoms with Crippen LogP contribution in [0, 0.1) is 0 Å². The first-order chi connectivity index (χ1) is 8.21. The Bertz CT molecular complexity index is 467. The van der Waals surface area contributed by atoms with Crippen LogP contribution in [-0.4, -0.2) is 32.9 Å². The van der Waals surface area contributed by atoms with Gasteiger partial charge in [0.25, 0.3) is 0 Å². The molecule has 0 bridgehead atoms. The maximum Gasteiger partial charge on any atom is 0.471 e. The molecule has 0 spiro atoms. The van der Waals surface area contributed by atoms with Gasteiger partial charge in [-0.1, -0.05) is 0 Å². The number of hydrogen-bond donors (Lipinski definition) is 2. The number of rotatable bonds is 4. The summed E-state index contributed by atoms with van der Waals surface area (Å²) in [4.78, 5) is 21.1. The second-order valence-electron chi connectivity index (χ2n) is 3.47. The smallest absolute Gasteiger partial charge is 0.471 e. The molecule has 0 aliphatic heterocycles. The summed E-state index contributed by atoms with van der Waals surface area (Å²) in [5.74, 6) is -3.21. The van der Waals surface area contributed by atoms with Crippen LogP contribution in [0.15, 0.2) is 6.20 Å². The van der Waals surface area contributed by atoms with Crippen LogP contribution < -0.4 is 5.32 Å². The molecule has 0 fully saturated rings. The Hall–Kier alpha value is -2.06. The summed E-state index contributed by atoms with van der Waals surface area (Å²) in [6.07, 6.45) is -4.26. The number of carboxylic acid groups (broad SMARTS) is 1. The highest BCUT2D eigenvalue weighted by Crippen LogP contribution is 2.21. The van der Waals surface area contributed by atoms with E-state index in [0.717, 1.165) is 6.20 Å². The first-order valence-electron chi connectivity index (χ1n) is 4.82. The molecule has 0 aliphatic carbocycles. The number of amides is 1. The van der Waals surface area contributed by atoms with Gasteiger partial charge in [-0.25, -0.2) is 0 Å². The van der Waals surface area contributed by atoms with Crippen molar-refractivity contribution in [2.75, 3.05) is 5.32 Å². The van der Waals surface area contributed by atoms with E-state index >= 15 is 0 Å². The number of carboxylic acids is 1. The van der Waals surface area contributed by atoms with Crippen LogP contribution in [0.2, 0.25) is 0 Å². The number of carbonyl (C=O) groups is 2. The SMILES string of the molecule is Cn1ncc(NC(=O)C(F)(F)F)c1CCC(=O)O. The molecule has 1 aromatic rings. The number of halogens is 3. The number of alkyl halides is 3. The molecule has 6 nitrogen and oxygen atoms in total. The zero-order valence-corrected chi connectivity index (χ0v) is 9.28. The summed E-state index contributed by atoms with van der Waals surface area (Å²) < 4.78 is 37.4. The summed E-state index contributed by atoms with van der Waals surface area (Å²) in [5, 5.41) is 13.8. The lowest BCUT2D eigenvalue weighted by atomic mass is 10.2. The van der Waals surface area contributed by atoms with E-state index in [-0.39, 0.29) is 24.2 Å². The molecule has 100 valence electrons. The van der Waals surface area contributed by atoms with Crippen molar-refractivity contribution in [1.82, 2.24) is 9.78 Å². The zero-order valence-electron chi connectivity index (χ0n) is 9.28. The molecule has 0 atom stereocenters. The summed E-state index contributed by atoms with van der Waals surface area (Å²) in [6.45, 7) is 0. The fourth-order valence-electron chi connectivity index (χ4n) is 1.28. The highest BCUT2D eigenvalue weighted by Gasteiger charge is 2.39. The standard InChI is InChI=1S/C9H10F3N3O3/c1-15-6(2-3-7(16)17)5(4-13-15)14-8(18)9(10,11)12/h4H,2-3H2,1H3,(H,14,18)(H,16,17). The number of aliphatic carboxylic acids is 1. The van der Waals surface area contributed by atoms with E-state index in [0.29, 0.717) is 0 Å². The van der Waals surface area contributed by atoms with Gasteiger partial charge in [0, 0.05) is 13.5 Å². The molecule has 0 saturated heterocycles. The molecular weight excluding hydrogens is 255 g/mol. The third kappa shape index (κ3) is 3.47. The third-order valence-corrected chi connectivity index (χ3v) is 2.14. The quantitative estimate of drug-likeness (QED) is 0.848. The molecule has 0 saturated carbocycles. The minimum Gasteiger partial charge on any atom is -0.481 e. The molecule has 1 amide bonds. The largest absolute Gasteiger partial charge is 0.481 e. The maximum absolute atomic E-state index is 12.1. The van der Waals surface area contributed by atoms with Crippen LogP contribution in [0.1, 0.15) is 12.1 Å². The number of aryl methyl sites for hydroxylation is 1. The van der Waals surface area contributed by atoms with E-state index in [1.807, 2.05) is 0 Å². The molecule has 0 aromatic carbocycles. The summed E-state index contributed by atoms with van der Waals surface area (Å²) >= 11 is 0.